The van der Waals surface area contributed by atoms with Crippen LogP contribution in [0.25, 0.3) is 11.4 Å². The Bertz CT molecular complexity index is 906. The standard InChI is InChI=1S/C21H21N3O3/c1-3-13-24(20(25)14-17-11-7-8-12-18(17)26-2)15-19-22-21(23-27-19)16-9-5-4-6-10-16/h3-12H,1,13-15H2,2H3. The molecule has 1 amide bonds. The number of hydrogen-bond acceptors (Lipinski definition) is 5. The summed E-state index contributed by atoms with van der Waals surface area (Å²) in [5.41, 5.74) is 1.69. The summed E-state index contributed by atoms with van der Waals surface area (Å²) in [4.78, 5) is 18.8. The van der Waals surface area contributed by atoms with Crippen LogP contribution in [0.1, 0.15) is 11.5 Å². The molecule has 2 aromatic carbocycles. The number of carbonyl (C=O) groups excluding carboxylic acids is 1. The van der Waals surface area contributed by atoms with Gasteiger partial charge >= 0.3 is 0 Å². The molecule has 6 heteroatoms. The van der Waals surface area contributed by atoms with Crippen LogP contribution in [-0.2, 0) is 17.8 Å². The Balaban J connectivity index is 1.73. The van der Waals surface area contributed by atoms with E-state index in [9.17, 15) is 4.79 Å². The van der Waals surface area contributed by atoms with Crippen molar-refractivity contribution in [1.82, 2.24) is 15.0 Å². The lowest BCUT2D eigenvalue weighted by molar-refractivity contribution is -0.130. The number of methoxy groups -OCH3 is 1. The number of nitrogens with zero attached hydrogens (tertiary/aromatic N) is 3. The summed E-state index contributed by atoms with van der Waals surface area (Å²) in [6, 6.07) is 17.0. The fraction of sp³-hybridized carbons (Fsp3) is 0.190. The Morgan fingerprint density at radius 3 is 2.67 bits per heavy atom. The van der Waals surface area contributed by atoms with Crippen LogP contribution in [0.5, 0.6) is 5.75 Å². The average molecular weight is 363 g/mol. The molecule has 0 saturated heterocycles. The highest BCUT2D eigenvalue weighted by atomic mass is 16.5. The van der Waals surface area contributed by atoms with Crippen molar-refractivity contribution in [2.45, 2.75) is 13.0 Å². The predicted molar refractivity (Wildman–Crippen MR) is 102 cm³/mol. The summed E-state index contributed by atoms with van der Waals surface area (Å²) in [5.74, 6) is 1.50. The summed E-state index contributed by atoms with van der Waals surface area (Å²) in [7, 11) is 1.59. The normalized spacial score (nSPS) is 10.4. The molecular weight excluding hydrogens is 342 g/mol. The second kappa shape index (κ2) is 8.80. The summed E-state index contributed by atoms with van der Waals surface area (Å²) in [6.07, 6.45) is 1.89. The molecular formula is C21H21N3O3. The van der Waals surface area contributed by atoms with Crippen molar-refractivity contribution in [1.29, 1.82) is 0 Å². The van der Waals surface area contributed by atoms with Crippen LogP contribution < -0.4 is 4.74 Å². The molecule has 0 saturated carbocycles. The van der Waals surface area contributed by atoms with Crippen molar-refractivity contribution in [3.8, 4) is 17.1 Å². The van der Waals surface area contributed by atoms with E-state index in [4.69, 9.17) is 9.26 Å². The first-order valence-corrected chi connectivity index (χ1v) is 8.60. The second-order valence-electron chi connectivity index (χ2n) is 5.93. The number of aromatic nitrogens is 2. The van der Waals surface area contributed by atoms with Gasteiger partial charge in [0.1, 0.15) is 12.3 Å². The van der Waals surface area contributed by atoms with Crippen LogP contribution in [0, 0.1) is 0 Å². The van der Waals surface area contributed by atoms with Crippen molar-refractivity contribution >= 4 is 5.91 Å². The Morgan fingerprint density at radius 1 is 1.19 bits per heavy atom. The number of benzene rings is 2. The number of amides is 1. The Kier molecular flexibility index (Phi) is 5.99. The van der Waals surface area contributed by atoms with Crippen molar-refractivity contribution in [3.63, 3.8) is 0 Å². The third-order valence-electron chi connectivity index (χ3n) is 4.06. The number of para-hydroxylation sites is 1. The number of hydrogen-bond donors (Lipinski definition) is 0. The number of rotatable bonds is 8. The summed E-state index contributed by atoms with van der Waals surface area (Å²) in [5, 5.41) is 4.00. The van der Waals surface area contributed by atoms with Crippen molar-refractivity contribution in [2.75, 3.05) is 13.7 Å². The molecule has 0 radical (unpaired) electrons. The van der Waals surface area contributed by atoms with E-state index in [-0.39, 0.29) is 18.9 Å². The molecule has 0 aliphatic heterocycles. The quantitative estimate of drug-likeness (QED) is 0.573. The van der Waals surface area contributed by atoms with Gasteiger partial charge in [-0.25, -0.2) is 0 Å². The molecule has 0 fully saturated rings. The van der Waals surface area contributed by atoms with Crippen LogP contribution in [0.2, 0.25) is 0 Å². The minimum atomic E-state index is -0.0705. The SMILES string of the molecule is C=CCN(Cc1nc(-c2ccccc2)no1)C(=O)Cc1ccccc1OC. The molecule has 0 atom stereocenters. The first-order valence-electron chi connectivity index (χ1n) is 8.60. The van der Waals surface area contributed by atoms with E-state index in [2.05, 4.69) is 16.7 Å². The maximum absolute atomic E-state index is 12.8. The van der Waals surface area contributed by atoms with Gasteiger partial charge in [-0.1, -0.05) is 59.8 Å². The molecule has 0 spiro atoms. The van der Waals surface area contributed by atoms with Crippen molar-refractivity contribution in [2.24, 2.45) is 0 Å². The van der Waals surface area contributed by atoms with E-state index in [0.717, 1.165) is 11.1 Å². The second-order valence-corrected chi connectivity index (χ2v) is 5.93. The lowest BCUT2D eigenvalue weighted by Crippen LogP contribution is -2.32. The van der Waals surface area contributed by atoms with Crippen LogP contribution in [0.3, 0.4) is 0 Å². The fourth-order valence-corrected chi connectivity index (χ4v) is 2.72. The average Bonchev–Trinajstić information content (AvgIpc) is 3.17. The molecule has 1 aromatic heterocycles. The van der Waals surface area contributed by atoms with E-state index in [1.807, 2.05) is 54.6 Å². The zero-order chi connectivity index (χ0) is 19.1. The van der Waals surface area contributed by atoms with Gasteiger partial charge in [-0.2, -0.15) is 4.98 Å². The predicted octanol–water partition coefficient (Wildman–Crippen LogP) is 3.50. The van der Waals surface area contributed by atoms with E-state index < -0.39 is 0 Å². The largest absolute Gasteiger partial charge is 0.496 e. The molecule has 0 bridgehead atoms. The van der Waals surface area contributed by atoms with Gasteiger partial charge in [-0.15, -0.1) is 6.58 Å². The number of ether oxygens (including phenoxy) is 1. The zero-order valence-corrected chi connectivity index (χ0v) is 15.2. The Morgan fingerprint density at radius 2 is 1.93 bits per heavy atom. The minimum absolute atomic E-state index is 0.0705. The summed E-state index contributed by atoms with van der Waals surface area (Å²) in [6.45, 7) is 4.34. The zero-order valence-electron chi connectivity index (χ0n) is 15.2. The van der Waals surface area contributed by atoms with E-state index in [1.54, 1.807) is 18.1 Å². The Hall–Kier alpha value is -3.41. The molecule has 0 aliphatic carbocycles. The molecule has 0 aliphatic rings. The highest BCUT2D eigenvalue weighted by molar-refractivity contribution is 5.79. The first-order chi connectivity index (χ1) is 13.2. The molecule has 138 valence electrons. The molecule has 3 rings (SSSR count). The molecule has 27 heavy (non-hydrogen) atoms. The molecule has 1 heterocycles. The lowest BCUT2D eigenvalue weighted by atomic mass is 10.1. The fourth-order valence-electron chi connectivity index (χ4n) is 2.72. The smallest absolute Gasteiger partial charge is 0.246 e. The molecule has 0 unspecified atom stereocenters. The van der Waals surface area contributed by atoms with E-state index >= 15 is 0 Å². The van der Waals surface area contributed by atoms with Crippen molar-refractivity contribution in [3.05, 3.63) is 78.7 Å². The van der Waals surface area contributed by atoms with Gasteiger partial charge in [0.2, 0.25) is 17.6 Å². The maximum atomic E-state index is 12.8. The topological polar surface area (TPSA) is 68.5 Å². The monoisotopic (exact) mass is 363 g/mol. The van der Waals surface area contributed by atoms with Gasteiger partial charge in [0.15, 0.2) is 0 Å². The highest BCUT2D eigenvalue weighted by Crippen LogP contribution is 2.20. The van der Waals surface area contributed by atoms with Gasteiger partial charge in [-0.05, 0) is 6.07 Å². The van der Waals surface area contributed by atoms with Crippen LogP contribution in [-0.4, -0.2) is 34.6 Å². The van der Waals surface area contributed by atoms with Gasteiger partial charge in [0, 0.05) is 17.7 Å². The van der Waals surface area contributed by atoms with Crippen LogP contribution in [0.4, 0.5) is 0 Å². The van der Waals surface area contributed by atoms with Gasteiger partial charge in [0.25, 0.3) is 0 Å². The summed E-state index contributed by atoms with van der Waals surface area (Å²) >= 11 is 0. The number of carbonyl (C=O) groups is 1. The molecule has 0 N–H and O–H groups in total. The molecule has 6 nitrogen and oxygen atoms in total. The van der Waals surface area contributed by atoms with Gasteiger partial charge < -0.3 is 14.2 Å². The first kappa shape index (κ1) is 18.4. The van der Waals surface area contributed by atoms with E-state index in [0.29, 0.717) is 24.0 Å². The maximum Gasteiger partial charge on any atom is 0.246 e. The third kappa shape index (κ3) is 4.61. The molecule has 3 aromatic rings. The van der Waals surface area contributed by atoms with Crippen molar-refractivity contribution < 1.29 is 14.1 Å². The third-order valence-corrected chi connectivity index (χ3v) is 4.06. The summed E-state index contributed by atoms with van der Waals surface area (Å²) < 4.78 is 10.7. The minimum Gasteiger partial charge on any atom is -0.496 e. The van der Waals surface area contributed by atoms with Gasteiger partial charge in [0.05, 0.1) is 13.5 Å². The van der Waals surface area contributed by atoms with E-state index in [1.165, 1.54) is 0 Å². The van der Waals surface area contributed by atoms with Gasteiger partial charge in [-0.3, -0.25) is 4.79 Å². The highest BCUT2D eigenvalue weighted by Gasteiger charge is 2.19. The van der Waals surface area contributed by atoms with Crippen LogP contribution in [0.15, 0.2) is 71.8 Å². The Labute approximate surface area is 158 Å². The lowest BCUT2D eigenvalue weighted by Gasteiger charge is -2.19. The van der Waals surface area contributed by atoms with Crippen LogP contribution >= 0.6 is 0 Å².